The zero-order valence-electron chi connectivity index (χ0n) is 15.7. The van der Waals surface area contributed by atoms with E-state index in [1.54, 1.807) is 45.0 Å². The molecule has 1 aromatic carbocycles. The van der Waals surface area contributed by atoms with Crippen LogP contribution in [0.2, 0.25) is 5.02 Å². The topological polar surface area (TPSA) is 91.3 Å². The van der Waals surface area contributed by atoms with Crippen LogP contribution in [0.5, 0.6) is 0 Å². The van der Waals surface area contributed by atoms with Crippen LogP contribution in [0.4, 0.5) is 0 Å². The number of esters is 3. The molecule has 7 nitrogen and oxygen atoms in total. The minimum atomic E-state index is -1.78. The maximum atomic E-state index is 12.7. The number of halogens is 1. The number of hydrogen-bond donors (Lipinski definition) is 0. The lowest BCUT2D eigenvalue weighted by Gasteiger charge is -2.25. The van der Waals surface area contributed by atoms with Gasteiger partial charge in [0.2, 0.25) is 0 Å². The van der Waals surface area contributed by atoms with Crippen LogP contribution in [0.25, 0.3) is 0 Å². The van der Waals surface area contributed by atoms with Crippen LogP contribution in [0.3, 0.4) is 0 Å². The first kappa shape index (κ1) is 22.6. The molecule has 0 radical (unpaired) electrons. The van der Waals surface area contributed by atoms with Crippen molar-refractivity contribution in [1.82, 2.24) is 0 Å². The molecule has 0 saturated carbocycles. The predicted octanol–water partition coefficient (Wildman–Crippen LogP) is 2.97. The molecular weight excluding hydrogens is 374 g/mol. The minimum Gasteiger partial charge on any atom is -0.466 e. The van der Waals surface area contributed by atoms with Crippen molar-refractivity contribution in [3.63, 3.8) is 0 Å². The Morgan fingerprint density at radius 2 is 1.56 bits per heavy atom. The monoisotopic (exact) mass is 397 g/mol. The normalized spacial score (nSPS) is 11.3. The molecule has 27 heavy (non-hydrogen) atoms. The third-order valence-electron chi connectivity index (χ3n) is 3.45. The van der Waals surface area contributed by atoms with E-state index in [1.807, 2.05) is 0 Å². The molecule has 0 bridgehead atoms. The molecular formula is C19H24ClNO6. The van der Waals surface area contributed by atoms with Crippen molar-refractivity contribution >= 4 is 35.7 Å². The number of carbonyl (C=O) groups is 3. The lowest BCUT2D eigenvalue weighted by atomic mass is 9.91. The van der Waals surface area contributed by atoms with Crippen molar-refractivity contribution in [3.05, 3.63) is 34.9 Å². The van der Waals surface area contributed by atoms with Gasteiger partial charge in [-0.3, -0.25) is 14.6 Å². The Morgan fingerprint density at radius 1 is 1.00 bits per heavy atom. The fourth-order valence-corrected chi connectivity index (χ4v) is 2.50. The van der Waals surface area contributed by atoms with Gasteiger partial charge in [-0.1, -0.05) is 23.7 Å². The van der Waals surface area contributed by atoms with Crippen LogP contribution in [0.1, 0.15) is 39.2 Å². The molecule has 0 aliphatic rings. The van der Waals surface area contributed by atoms with Gasteiger partial charge in [-0.2, -0.15) is 0 Å². The lowest BCUT2D eigenvalue weighted by molar-refractivity contribution is -0.160. The van der Waals surface area contributed by atoms with Crippen LogP contribution in [0.15, 0.2) is 29.3 Å². The van der Waals surface area contributed by atoms with E-state index in [2.05, 4.69) is 4.99 Å². The van der Waals surface area contributed by atoms with E-state index in [0.717, 1.165) is 0 Å². The molecule has 0 aliphatic carbocycles. The van der Waals surface area contributed by atoms with Crippen molar-refractivity contribution < 1.29 is 28.6 Å². The smallest absolute Gasteiger partial charge is 0.335 e. The van der Waals surface area contributed by atoms with Crippen LogP contribution >= 0.6 is 11.6 Å². The largest absolute Gasteiger partial charge is 0.466 e. The average Bonchev–Trinajstić information content (AvgIpc) is 2.60. The van der Waals surface area contributed by atoms with Crippen molar-refractivity contribution in [2.24, 2.45) is 4.99 Å². The van der Waals surface area contributed by atoms with Gasteiger partial charge in [-0.15, -0.1) is 0 Å². The second-order valence-corrected chi connectivity index (χ2v) is 5.97. The molecule has 0 heterocycles. The first-order chi connectivity index (χ1) is 12.9. The minimum absolute atomic E-state index is 0.0684. The summed E-state index contributed by atoms with van der Waals surface area (Å²) in [5.41, 5.74) is -1.18. The van der Waals surface area contributed by atoms with Gasteiger partial charge in [-0.25, -0.2) is 4.79 Å². The number of rotatable bonds is 10. The van der Waals surface area contributed by atoms with Crippen LogP contribution in [-0.2, 0) is 28.6 Å². The Kier molecular flexibility index (Phi) is 9.50. The predicted molar refractivity (Wildman–Crippen MR) is 101 cm³/mol. The molecule has 0 atom stereocenters. The molecule has 0 amide bonds. The van der Waals surface area contributed by atoms with Crippen LogP contribution < -0.4 is 0 Å². The van der Waals surface area contributed by atoms with Gasteiger partial charge in [0.15, 0.2) is 5.54 Å². The number of aliphatic imine (C=N–C) groups is 1. The van der Waals surface area contributed by atoms with E-state index in [4.69, 9.17) is 25.8 Å². The Bertz CT molecular complexity index is 669. The molecule has 8 heteroatoms. The number of nitrogens with zero attached hydrogens (tertiary/aromatic N) is 1. The molecule has 1 rings (SSSR count). The SMILES string of the molecule is CCOC(=O)CC(CC(=O)OCC)(N=Cc1cccc(Cl)c1)C(=O)OCC. The Labute approximate surface area is 163 Å². The third kappa shape index (κ3) is 7.38. The second-order valence-electron chi connectivity index (χ2n) is 5.53. The van der Waals surface area contributed by atoms with E-state index in [1.165, 1.54) is 6.21 Å². The molecule has 0 aliphatic heterocycles. The van der Waals surface area contributed by atoms with E-state index in [9.17, 15) is 14.4 Å². The third-order valence-corrected chi connectivity index (χ3v) is 3.68. The van der Waals surface area contributed by atoms with Crippen molar-refractivity contribution in [2.75, 3.05) is 19.8 Å². The summed E-state index contributed by atoms with van der Waals surface area (Å²) in [5.74, 6) is -2.14. The molecule has 0 fully saturated rings. The van der Waals surface area contributed by atoms with Crippen LogP contribution in [-0.4, -0.2) is 49.5 Å². The Hall–Kier alpha value is -2.41. The van der Waals surface area contributed by atoms with Gasteiger partial charge >= 0.3 is 17.9 Å². The first-order valence-corrected chi connectivity index (χ1v) is 9.04. The average molecular weight is 398 g/mol. The highest BCUT2D eigenvalue weighted by molar-refractivity contribution is 6.30. The summed E-state index contributed by atoms with van der Waals surface area (Å²) in [7, 11) is 0. The maximum absolute atomic E-state index is 12.7. The summed E-state index contributed by atoms with van der Waals surface area (Å²) < 4.78 is 15.0. The summed E-state index contributed by atoms with van der Waals surface area (Å²) in [5, 5.41) is 0.483. The highest BCUT2D eigenvalue weighted by Gasteiger charge is 2.44. The summed E-state index contributed by atoms with van der Waals surface area (Å²) in [4.78, 5) is 41.1. The molecule has 0 unspecified atom stereocenters. The number of ether oxygens (including phenoxy) is 3. The van der Waals surface area contributed by atoms with Gasteiger partial charge < -0.3 is 14.2 Å². The molecule has 0 spiro atoms. The first-order valence-electron chi connectivity index (χ1n) is 8.66. The number of carbonyl (C=O) groups excluding carboxylic acids is 3. The fourth-order valence-electron chi connectivity index (χ4n) is 2.30. The molecule has 0 N–H and O–H groups in total. The fraction of sp³-hybridized carbons (Fsp3) is 0.474. The molecule has 1 aromatic rings. The van der Waals surface area contributed by atoms with E-state index >= 15 is 0 Å². The van der Waals surface area contributed by atoms with Gasteiger partial charge in [0.25, 0.3) is 0 Å². The van der Waals surface area contributed by atoms with E-state index < -0.39 is 36.3 Å². The maximum Gasteiger partial charge on any atom is 0.335 e. The quantitative estimate of drug-likeness (QED) is 0.342. The Morgan fingerprint density at radius 3 is 2.04 bits per heavy atom. The highest BCUT2D eigenvalue weighted by Crippen LogP contribution is 2.25. The zero-order chi connectivity index (χ0) is 20.3. The van der Waals surface area contributed by atoms with Gasteiger partial charge in [0.05, 0.1) is 32.7 Å². The summed E-state index contributed by atoms with van der Waals surface area (Å²) >= 11 is 5.96. The van der Waals surface area contributed by atoms with E-state index in [-0.39, 0.29) is 19.8 Å². The van der Waals surface area contributed by atoms with Crippen molar-refractivity contribution in [3.8, 4) is 0 Å². The number of hydrogen-bond acceptors (Lipinski definition) is 7. The van der Waals surface area contributed by atoms with Crippen LogP contribution in [0, 0.1) is 0 Å². The van der Waals surface area contributed by atoms with Crippen molar-refractivity contribution in [2.45, 2.75) is 39.2 Å². The summed E-state index contributed by atoms with van der Waals surface area (Å²) in [6.45, 7) is 5.25. The second kappa shape index (κ2) is 11.3. The summed E-state index contributed by atoms with van der Waals surface area (Å²) in [6, 6.07) is 6.76. The van der Waals surface area contributed by atoms with Gasteiger partial charge in [0, 0.05) is 11.2 Å². The lowest BCUT2D eigenvalue weighted by Crippen LogP contribution is -2.43. The number of benzene rings is 1. The van der Waals surface area contributed by atoms with E-state index in [0.29, 0.717) is 10.6 Å². The molecule has 0 saturated heterocycles. The van der Waals surface area contributed by atoms with Gasteiger partial charge in [-0.05, 0) is 38.5 Å². The molecule has 0 aromatic heterocycles. The highest BCUT2D eigenvalue weighted by atomic mass is 35.5. The van der Waals surface area contributed by atoms with Gasteiger partial charge in [0.1, 0.15) is 0 Å². The summed E-state index contributed by atoms with van der Waals surface area (Å²) in [6.07, 6.45) is 0.479. The standard InChI is InChI=1S/C19H24ClNO6/c1-4-25-16(22)11-19(18(24)27-6-3,12-17(23)26-5-2)21-13-14-8-7-9-15(20)10-14/h7-10,13H,4-6,11-12H2,1-3H3. The Balaban J connectivity index is 3.30. The molecule has 148 valence electrons. The zero-order valence-corrected chi connectivity index (χ0v) is 16.5. The van der Waals surface area contributed by atoms with Crippen molar-refractivity contribution in [1.29, 1.82) is 0 Å².